The van der Waals surface area contributed by atoms with E-state index in [9.17, 15) is 9.59 Å². The van der Waals surface area contributed by atoms with Crippen LogP contribution in [-0.4, -0.2) is 57.0 Å². The maximum atomic E-state index is 12.2. The minimum atomic E-state index is -0.530. The number of carbonyl (C=O) groups excluding carboxylic acids is 2. The number of hydrogen-bond acceptors (Lipinski definition) is 5. The van der Waals surface area contributed by atoms with Crippen LogP contribution in [0.3, 0.4) is 0 Å². The van der Waals surface area contributed by atoms with Crippen molar-refractivity contribution in [2.24, 2.45) is 5.92 Å². The van der Waals surface area contributed by atoms with E-state index in [2.05, 4.69) is 14.8 Å². The zero-order valence-electron chi connectivity index (χ0n) is 15.1. The van der Waals surface area contributed by atoms with E-state index in [1.165, 1.54) is 19.0 Å². The number of rotatable bonds is 3. The number of pyridine rings is 1. The maximum absolute atomic E-state index is 12.2. The fourth-order valence-corrected chi connectivity index (χ4v) is 5.07. The second-order valence-electron chi connectivity index (χ2n) is 7.82. The minimum Gasteiger partial charge on any atom is -0.335 e. The van der Waals surface area contributed by atoms with Gasteiger partial charge in [-0.1, -0.05) is 0 Å². The third-order valence-electron chi connectivity index (χ3n) is 6.34. The second kappa shape index (κ2) is 6.96. The van der Waals surface area contributed by atoms with Crippen molar-refractivity contribution in [1.82, 2.24) is 20.3 Å². The van der Waals surface area contributed by atoms with E-state index in [1.807, 2.05) is 6.07 Å². The average Bonchev–Trinajstić information content (AvgIpc) is 2.67. The molecule has 0 radical (unpaired) electrons. The van der Waals surface area contributed by atoms with Gasteiger partial charge in [-0.15, -0.1) is 0 Å². The molecule has 1 atom stereocenters. The summed E-state index contributed by atoms with van der Waals surface area (Å²) in [5.41, 5.74) is 4.09. The second-order valence-corrected chi connectivity index (χ2v) is 7.82. The van der Waals surface area contributed by atoms with Gasteiger partial charge in [-0.25, -0.2) is 5.48 Å². The number of nitrogens with zero attached hydrogens (tertiary/aromatic N) is 3. The SMILES string of the molecule is CC(=O)N1C2CCC(CC2)C1CN1CCc2cc(C(=O)NO)cnc2C1. The molecule has 3 fully saturated rings. The largest absolute Gasteiger partial charge is 0.335 e. The third kappa shape index (κ3) is 3.10. The number of amides is 2. The standard InChI is InChI=1S/C19H26N4O3/c1-12(24)23-16-4-2-13(3-5-16)18(23)11-22-7-6-14-8-15(19(25)21-26)9-20-17(14)10-22/h8-9,13,16,18,26H,2-7,10-11H2,1H3,(H,21,25). The summed E-state index contributed by atoms with van der Waals surface area (Å²) >= 11 is 0. The molecule has 26 heavy (non-hydrogen) atoms. The van der Waals surface area contributed by atoms with Crippen molar-refractivity contribution in [3.8, 4) is 0 Å². The van der Waals surface area contributed by atoms with Crippen LogP contribution < -0.4 is 5.48 Å². The molecule has 4 heterocycles. The van der Waals surface area contributed by atoms with E-state index in [4.69, 9.17) is 5.21 Å². The fraction of sp³-hybridized carbons (Fsp3) is 0.632. The molecule has 0 aromatic carbocycles. The first-order valence-electron chi connectivity index (χ1n) is 9.50. The van der Waals surface area contributed by atoms with Crippen molar-refractivity contribution in [3.63, 3.8) is 0 Å². The normalized spacial score (nSPS) is 27.9. The summed E-state index contributed by atoms with van der Waals surface area (Å²) in [6, 6.07) is 2.56. The summed E-state index contributed by atoms with van der Waals surface area (Å²) in [4.78, 5) is 32.7. The summed E-state index contributed by atoms with van der Waals surface area (Å²) in [6.07, 6.45) is 7.12. The van der Waals surface area contributed by atoms with Gasteiger partial charge < -0.3 is 4.90 Å². The van der Waals surface area contributed by atoms with Crippen LogP contribution in [0.1, 0.15) is 54.2 Å². The number of aromatic nitrogens is 1. The van der Waals surface area contributed by atoms with Gasteiger partial charge in [-0.2, -0.15) is 0 Å². The average molecular weight is 358 g/mol. The van der Waals surface area contributed by atoms with Crippen molar-refractivity contribution >= 4 is 11.8 Å². The van der Waals surface area contributed by atoms with Gasteiger partial charge in [0.05, 0.1) is 11.3 Å². The Morgan fingerprint density at radius 1 is 1.31 bits per heavy atom. The van der Waals surface area contributed by atoms with E-state index in [0.717, 1.165) is 50.2 Å². The molecule has 2 saturated heterocycles. The van der Waals surface area contributed by atoms with Crippen molar-refractivity contribution < 1.29 is 14.8 Å². The van der Waals surface area contributed by atoms with Crippen LogP contribution in [0.5, 0.6) is 0 Å². The number of nitrogens with one attached hydrogen (secondary N) is 1. The molecule has 7 nitrogen and oxygen atoms in total. The lowest BCUT2D eigenvalue weighted by molar-refractivity contribution is -0.143. The first-order chi connectivity index (χ1) is 12.6. The molecule has 2 N–H and O–H groups in total. The number of carbonyl (C=O) groups is 2. The lowest BCUT2D eigenvalue weighted by Crippen LogP contribution is -2.60. The van der Waals surface area contributed by atoms with Gasteiger partial charge in [-0.05, 0) is 49.7 Å². The molecule has 1 aliphatic carbocycles. The highest BCUT2D eigenvalue weighted by atomic mass is 16.5. The molecule has 2 amide bonds. The van der Waals surface area contributed by atoms with Gasteiger partial charge in [0, 0.05) is 44.8 Å². The van der Waals surface area contributed by atoms with Gasteiger partial charge in [0.15, 0.2) is 0 Å². The van der Waals surface area contributed by atoms with Crippen LogP contribution >= 0.6 is 0 Å². The molecule has 2 bridgehead atoms. The van der Waals surface area contributed by atoms with E-state index in [1.54, 1.807) is 12.4 Å². The molecule has 7 heteroatoms. The van der Waals surface area contributed by atoms with Crippen LogP contribution in [0, 0.1) is 5.92 Å². The first-order valence-corrected chi connectivity index (χ1v) is 9.50. The summed E-state index contributed by atoms with van der Waals surface area (Å²) in [7, 11) is 0. The van der Waals surface area contributed by atoms with Crippen molar-refractivity contribution in [3.05, 3.63) is 29.1 Å². The van der Waals surface area contributed by atoms with Crippen LogP contribution in [0.2, 0.25) is 0 Å². The molecular formula is C19H26N4O3. The Hall–Kier alpha value is -1.99. The van der Waals surface area contributed by atoms with Crippen molar-refractivity contribution in [1.29, 1.82) is 0 Å². The summed E-state index contributed by atoms with van der Waals surface area (Å²) in [5, 5.41) is 8.77. The molecule has 1 aromatic rings. The van der Waals surface area contributed by atoms with Gasteiger partial charge in [0.25, 0.3) is 5.91 Å². The predicted molar refractivity (Wildman–Crippen MR) is 94.5 cm³/mol. The maximum Gasteiger partial charge on any atom is 0.276 e. The molecule has 4 aliphatic rings. The Kier molecular flexibility index (Phi) is 4.67. The van der Waals surface area contributed by atoms with Gasteiger partial charge in [0.2, 0.25) is 5.91 Å². The highest BCUT2D eigenvalue weighted by molar-refractivity contribution is 5.93. The molecule has 1 aromatic heterocycles. The zero-order valence-corrected chi connectivity index (χ0v) is 15.1. The molecule has 5 rings (SSSR count). The Morgan fingerprint density at radius 2 is 2.08 bits per heavy atom. The number of hydroxylamine groups is 1. The van der Waals surface area contributed by atoms with Crippen LogP contribution in [0.4, 0.5) is 0 Å². The summed E-state index contributed by atoms with van der Waals surface area (Å²) in [5.74, 6) is 0.298. The van der Waals surface area contributed by atoms with Crippen LogP contribution in [0.15, 0.2) is 12.3 Å². The monoisotopic (exact) mass is 358 g/mol. The number of hydrogen-bond donors (Lipinski definition) is 2. The molecule has 1 saturated carbocycles. The predicted octanol–water partition coefficient (Wildman–Crippen LogP) is 1.35. The highest BCUT2D eigenvalue weighted by Crippen LogP contribution is 2.40. The number of piperidine rings is 2. The Morgan fingerprint density at radius 3 is 2.77 bits per heavy atom. The quantitative estimate of drug-likeness (QED) is 0.629. The molecule has 3 aliphatic heterocycles. The Bertz CT molecular complexity index is 715. The van der Waals surface area contributed by atoms with Crippen LogP contribution in [-0.2, 0) is 17.8 Å². The molecular weight excluding hydrogens is 332 g/mol. The van der Waals surface area contributed by atoms with Crippen LogP contribution in [0.25, 0.3) is 0 Å². The van der Waals surface area contributed by atoms with Gasteiger partial charge in [-0.3, -0.25) is 24.7 Å². The molecule has 1 unspecified atom stereocenters. The Balaban J connectivity index is 1.47. The highest BCUT2D eigenvalue weighted by Gasteiger charge is 2.43. The van der Waals surface area contributed by atoms with Gasteiger partial charge in [0.1, 0.15) is 0 Å². The van der Waals surface area contributed by atoms with E-state index < -0.39 is 5.91 Å². The van der Waals surface area contributed by atoms with Gasteiger partial charge >= 0.3 is 0 Å². The van der Waals surface area contributed by atoms with Crippen molar-refractivity contribution in [2.75, 3.05) is 13.1 Å². The smallest absolute Gasteiger partial charge is 0.276 e. The summed E-state index contributed by atoms with van der Waals surface area (Å²) in [6.45, 7) is 4.25. The Labute approximate surface area is 153 Å². The minimum absolute atomic E-state index is 0.208. The molecule has 140 valence electrons. The van der Waals surface area contributed by atoms with E-state index in [0.29, 0.717) is 23.6 Å². The zero-order chi connectivity index (χ0) is 18.3. The third-order valence-corrected chi connectivity index (χ3v) is 6.34. The first kappa shape index (κ1) is 17.4. The van der Waals surface area contributed by atoms with E-state index in [-0.39, 0.29) is 5.91 Å². The lowest BCUT2D eigenvalue weighted by Gasteiger charge is -2.52. The number of fused-ring (bicyclic) bond motifs is 4. The van der Waals surface area contributed by atoms with E-state index >= 15 is 0 Å². The summed E-state index contributed by atoms with van der Waals surface area (Å²) < 4.78 is 0. The topological polar surface area (TPSA) is 85.8 Å². The lowest BCUT2D eigenvalue weighted by atomic mass is 9.74. The van der Waals surface area contributed by atoms with Crippen molar-refractivity contribution in [2.45, 2.75) is 57.7 Å². The fourth-order valence-electron chi connectivity index (χ4n) is 5.07. The molecule has 0 spiro atoms.